The van der Waals surface area contributed by atoms with E-state index in [1.54, 1.807) is 18.2 Å². The van der Waals surface area contributed by atoms with E-state index in [-0.39, 0.29) is 17.9 Å². The predicted octanol–water partition coefficient (Wildman–Crippen LogP) is 3.12. The summed E-state index contributed by atoms with van der Waals surface area (Å²) in [6.45, 7) is 0.516. The third-order valence-electron chi connectivity index (χ3n) is 5.00. The molecule has 2 aromatic carbocycles. The topological polar surface area (TPSA) is 64.6 Å². The van der Waals surface area contributed by atoms with Crippen LogP contribution in [0.2, 0.25) is 0 Å². The summed E-state index contributed by atoms with van der Waals surface area (Å²) in [6, 6.07) is 15.2. The van der Waals surface area contributed by atoms with Crippen molar-refractivity contribution < 1.29 is 19.1 Å². The summed E-state index contributed by atoms with van der Waals surface area (Å²) in [7, 11) is 1.50. The smallest absolute Gasteiger partial charge is 0.257 e. The second-order valence-corrected chi connectivity index (χ2v) is 6.59. The van der Waals surface area contributed by atoms with Gasteiger partial charge in [0.1, 0.15) is 6.29 Å². The zero-order chi connectivity index (χ0) is 18.4. The van der Waals surface area contributed by atoms with Crippen LogP contribution >= 0.6 is 0 Å². The van der Waals surface area contributed by atoms with Gasteiger partial charge in [0.2, 0.25) is 0 Å². The average Bonchev–Trinajstić information content (AvgIpc) is 2.66. The van der Waals surface area contributed by atoms with Gasteiger partial charge in [-0.3, -0.25) is 9.59 Å². The van der Waals surface area contributed by atoms with Crippen LogP contribution in [0.15, 0.2) is 48.5 Å². The molecule has 5 heteroatoms. The van der Waals surface area contributed by atoms with Crippen LogP contribution in [0.4, 0.5) is 0 Å². The Morgan fingerprint density at radius 2 is 1.92 bits per heavy atom. The van der Waals surface area contributed by atoms with Gasteiger partial charge in [-0.05, 0) is 36.6 Å². The van der Waals surface area contributed by atoms with Gasteiger partial charge in [-0.1, -0.05) is 36.8 Å². The number of nitrogens with one attached hydrogen (secondary N) is 1. The van der Waals surface area contributed by atoms with Crippen molar-refractivity contribution in [3.05, 3.63) is 59.7 Å². The van der Waals surface area contributed by atoms with Crippen LogP contribution in [-0.4, -0.2) is 32.5 Å². The summed E-state index contributed by atoms with van der Waals surface area (Å²) < 4.78 is 10.8. The number of ether oxygens (including phenoxy) is 2. The Labute approximate surface area is 153 Å². The number of carbonyl (C=O) groups excluding carboxylic acids is 2. The zero-order valence-electron chi connectivity index (χ0n) is 14.9. The molecule has 0 heterocycles. The molecule has 0 atom stereocenters. The standard InChI is InChI=1S/C21H23NO4/c1-25-19-12-16(13-23)8-9-18(19)26-14-20(24)22-15-21(10-5-11-21)17-6-3-2-4-7-17/h2-4,6-9,12-13H,5,10-11,14-15H2,1H3,(H,22,24). The van der Waals surface area contributed by atoms with E-state index in [9.17, 15) is 9.59 Å². The van der Waals surface area contributed by atoms with E-state index in [1.165, 1.54) is 19.1 Å². The number of hydrogen-bond donors (Lipinski definition) is 1. The molecule has 0 unspecified atom stereocenters. The van der Waals surface area contributed by atoms with Crippen LogP contribution in [0.25, 0.3) is 0 Å². The summed E-state index contributed by atoms with van der Waals surface area (Å²) in [4.78, 5) is 23.0. The van der Waals surface area contributed by atoms with Crippen molar-refractivity contribution in [1.29, 1.82) is 0 Å². The molecule has 0 radical (unpaired) electrons. The minimum atomic E-state index is -0.172. The average molecular weight is 353 g/mol. The van der Waals surface area contributed by atoms with E-state index < -0.39 is 0 Å². The number of hydrogen-bond acceptors (Lipinski definition) is 4. The maximum Gasteiger partial charge on any atom is 0.257 e. The minimum absolute atomic E-state index is 0.0419. The molecular weight excluding hydrogens is 330 g/mol. The van der Waals surface area contributed by atoms with Gasteiger partial charge in [-0.2, -0.15) is 0 Å². The summed E-state index contributed by atoms with van der Waals surface area (Å²) in [5.41, 5.74) is 1.81. The van der Waals surface area contributed by atoms with Gasteiger partial charge in [0, 0.05) is 17.5 Å². The minimum Gasteiger partial charge on any atom is -0.493 e. The maximum atomic E-state index is 12.2. The van der Waals surface area contributed by atoms with E-state index in [0.717, 1.165) is 19.1 Å². The number of rotatable bonds is 8. The van der Waals surface area contributed by atoms with Gasteiger partial charge in [0.05, 0.1) is 7.11 Å². The van der Waals surface area contributed by atoms with Crippen molar-refractivity contribution in [2.75, 3.05) is 20.3 Å². The van der Waals surface area contributed by atoms with Gasteiger partial charge in [0.25, 0.3) is 5.91 Å². The van der Waals surface area contributed by atoms with Gasteiger partial charge in [-0.25, -0.2) is 0 Å². The molecule has 5 nitrogen and oxygen atoms in total. The van der Waals surface area contributed by atoms with Gasteiger partial charge in [-0.15, -0.1) is 0 Å². The largest absolute Gasteiger partial charge is 0.493 e. The second-order valence-electron chi connectivity index (χ2n) is 6.59. The lowest BCUT2D eigenvalue weighted by Gasteiger charge is -2.42. The first-order valence-corrected chi connectivity index (χ1v) is 8.75. The van der Waals surface area contributed by atoms with Crippen molar-refractivity contribution in [3.8, 4) is 11.5 Å². The van der Waals surface area contributed by atoms with Crippen molar-refractivity contribution in [2.24, 2.45) is 0 Å². The molecule has 1 N–H and O–H groups in total. The molecular formula is C21H23NO4. The van der Waals surface area contributed by atoms with Crippen molar-refractivity contribution in [2.45, 2.75) is 24.7 Å². The highest BCUT2D eigenvalue weighted by Crippen LogP contribution is 2.43. The Hall–Kier alpha value is -2.82. The quantitative estimate of drug-likeness (QED) is 0.741. The highest BCUT2D eigenvalue weighted by molar-refractivity contribution is 5.78. The molecule has 1 fully saturated rings. The third kappa shape index (κ3) is 3.87. The predicted molar refractivity (Wildman–Crippen MR) is 98.9 cm³/mol. The molecule has 0 aromatic heterocycles. The van der Waals surface area contributed by atoms with E-state index in [2.05, 4.69) is 17.4 Å². The highest BCUT2D eigenvalue weighted by Gasteiger charge is 2.38. The van der Waals surface area contributed by atoms with Gasteiger partial charge < -0.3 is 14.8 Å². The monoisotopic (exact) mass is 353 g/mol. The van der Waals surface area contributed by atoms with Crippen LogP contribution in [-0.2, 0) is 10.2 Å². The number of carbonyl (C=O) groups is 2. The second kappa shape index (κ2) is 8.04. The summed E-state index contributed by atoms with van der Waals surface area (Å²) in [5, 5.41) is 2.99. The first-order chi connectivity index (χ1) is 12.7. The van der Waals surface area contributed by atoms with Crippen LogP contribution in [0.1, 0.15) is 35.2 Å². The SMILES string of the molecule is COc1cc(C=O)ccc1OCC(=O)NCC1(c2ccccc2)CCC1. The number of amides is 1. The Morgan fingerprint density at radius 1 is 1.15 bits per heavy atom. The Kier molecular flexibility index (Phi) is 5.56. The fourth-order valence-electron chi connectivity index (χ4n) is 3.30. The van der Waals surface area contributed by atoms with Crippen LogP contribution in [0.3, 0.4) is 0 Å². The maximum absolute atomic E-state index is 12.2. The van der Waals surface area contributed by atoms with Gasteiger partial charge in [0.15, 0.2) is 18.1 Å². The fourth-order valence-corrected chi connectivity index (χ4v) is 3.30. The first kappa shape index (κ1) is 18.0. The molecule has 3 rings (SSSR count). The van der Waals surface area contributed by atoms with Crippen molar-refractivity contribution in [1.82, 2.24) is 5.32 Å². The molecule has 0 bridgehead atoms. The van der Waals surface area contributed by atoms with Crippen LogP contribution in [0.5, 0.6) is 11.5 Å². The zero-order valence-corrected chi connectivity index (χ0v) is 14.9. The number of benzene rings is 2. The Bertz CT molecular complexity index is 769. The third-order valence-corrected chi connectivity index (χ3v) is 5.00. The lowest BCUT2D eigenvalue weighted by molar-refractivity contribution is -0.123. The lowest BCUT2D eigenvalue weighted by atomic mass is 9.64. The van der Waals surface area contributed by atoms with Crippen molar-refractivity contribution in [3.63, 3.8) is 0 Å². The number of aldehydes is 1. The Balaban J connectivity index is 1.56. The van der Waals surface area contributed by atoms with Crippen LogP contribution < -0.4 is 14.8 Å². The normalized spacial score (nSPS) is 14.8. The van der Waals surface area contributed by atoms with E-state index in [4.69, 9.17) is 9.47 Å². The van der Waals surface area contributed by atoms with Crippen molar-refractivity contribution >= 4 is 12.2 Å². The summed E-state index contributed by atoms with van der Waals surface area (Å²) >= 11 is 0. The molecule has 1 aliphatic rings. The van der Waals surface area contributed by atoms with Gasteiger partial charge >= 0.3 is 0 Å². The summed E-state index contributed by atoms with van der Waals surface area (Å²) in [5.74, 6) is 0.700. The van der Waals surface area contributed by atoms with E-state index in [1.807, 2.05) is 18.2 Å². The molecule has 1 saturated carbocycles. The highest BCUT2D eigenvalue weighted by atomic mass is 16.5. The Morgan fingerprint density at radius 3 is 2.54 bits per heavy atom. The molecule has 1 aliphatic carbocycles. The number of methoxy groups -OCH3 is 1. The lowest BCUT2D eigenvalue weighted by Crippen LogP contribution is -2.46. The molecule has 26 heavy (non-hydrogen) atoms. The fraction of sp³-hybridized carbons (Fsp3) is 0.333. The molecule has 0 spiro atoms. The molecule has 2 aromatic rings. The van der Waals surface area contributed by atoms with E-state index in [0.29, 0.717) is 23.6 Å². The molecule has 1 amide bonds. The molecule has 0 saturated heterocycles. The molecule has 0 aliphatic heterocycles. The summed E-state index contributed by atoms with van der Waals surface area (Å²) in [6.07, 6.45) is 4.08. The molecule has 136 valence electrons. The first-order valence-electron chi connectivity index (χ1n) is 8.75. The van der Waals surface area contributed by atoms with Crippen LogP contribution in [0, 0.1) is 0 Å². The van der Waals surface area contributed by atoms with E-state index >= 15 is 0 Å².